The number of nitriles is 1. The van der Waals surface area contributed by atoms with Crippen LogP contribution in [0.2, 0.25) is 0 Å². The Morgan fingerprint density at radius 3 is 2.52 bits per heavy atom. The van der Waals surface area contributed by atoms with Gasteiger partial charge in [0.15, 0.2) is 6.10 Å². The molecule has 112 valence electrons. The maximum absolute atomic E-state index is 12.1. The van der Waals surface area contributed by atoms with Gasteiger partial charge >= 0.3 is 12.1 Å². The van der Waals surface area contributed by atoms with Gasteiger partial charge in [-0.15, -0.1) is 0 Å². The standard InChI is InChI=1S/C15H18N2O4/c1-15(2,3)12(9-16)21-13(18)10-6-5-7-11(8-10)17-14(19)20-4/h5-8,12H,1-4H3,(H,17,19)/t12-/m1/s1. The first-order valence-electron chi connectivity index (χ1n) is 6.33. The Morgan fingerprint density at radius 1 is 1.33 bits per heavy atom. The normalized spacial score (nSPS) is 12.0. The summed E-state index contributed by atoms with van der Waals surface area (Å²) in [6.07, 6.45) is -1.49. The smallest absolute Gasteiger partial charge is 0.411 e. The lowest BCUT2D eigenvalue weighted by molar-refractivity contribution is 0.0173. The van der Waals surface area contributed by atoms with Crippen molar-refractivity contribution >= 4 is 17.7 Å². The van der Waals surface area contributed by atoms with E-state index in [0.717, 1.165) is 0 Å². The topological polar surface area (TPSA) is 88.4 Å². The highest BCUT2D eigenvalue weighted by Gasteiger charge is 2.28. The fourth-order valence-electron chi connectivity index (χ4n) is 1.46. The lowest BCUT2D eigenvalue weighted by Gasteiger charge is -2.24. The number of carbonyl (C=O) groups excluding carboxylic acids is 2. The van der Waals surface area contributed by atoms with Crippen LogP contribution >= 0.6 is 0 Å². The summed E-state index contributed by atoms with van der Waals surface area (Å²) in [6.45, 7) is 5.43. The fourth-order valence-corrected chi connectivity index (χ4v) is 1.46. The van der Waals surface area contributed by atoms with E-state index in [2.05, 4.69) is 10.1 Å². The number of nitrogens with one attached hydrogen (secondary N) is 1. The average Bonchev–Trinajstić information content (AvgIpc) is 2.43. The Kier molecular flexibility index (Phi) is 5.30. The van der Waals surface area contributed by atoms with Gasteiger partial charge in [-0.05, 0) is 18.2 Å². The summed E-state index contributed by atoms with van der Waals surface area (Å²) in [5.74, 6) is -0.620. The number of esters is 1. The van der Waals surface area contributed by atoms with Gasteiger partial charge in [0.25, 0.3) is 0 Å². The number of carbonyl (C=O) groups is 2. The lowest BCUT2D eigenvalue weighted by atomic mass is 9.90. The van der Waals surface area contributed by atoms with Crippen molar-refractivity contribution < 1.29 is 19.1 Å². The first kappa shape index (κ1) is 16.5. The number of benzene rings is 1. The molecule has 1 N–H and O–H groups in total. The van der Waals surface area contributed by atoms with Gasteiger partial charge in [0.1, 0.15) is 6.07 Å². The zero-order valence-corrected chi connectivity index (χ0v) is 12.5. The van der Waals surface area contributed by atoms with Crippen molar-refractivity contribution in [3.63, 3.8) is 0 Å². The SMILES string of the molecule is COC(=O)Nc1cccc(C(=O)O[C@H](C#N)C(C)(C)C)c1. The Bertz CT molecular complexity index is 570. The summed E-state index contributed by atoms with van der Waals surface area (Å²) in [4.78, 5) is 23.2. The highest BCUT2D eigenvalue weighted by Crippen LogP contribution is 2.23. The molecule has 0 aliphatic heterocycles. The van der Waals surface area contributed by atoms with Crippen LogP contribution in [-0.2, 0) is 9.47 Å². The summed E-state index contributed by atoms with van der Waals surface area (Å²) in [6, 6.07) is 8.17. The van der Waals surface area contributed by atoms with Crippen molar-refractivity contribution in [2.24, 2.45) is 5.41 Å². The van der Waals surface area contributed by atoms with Crippen LogP contribution in [0.3, 0.4) is 0 Å². The van der Waals surface area contributed by atoms with Crippen LogP contribution < -0.4 is 5.32 Å². The predicted octanol–water partition coefficient (Wildman–Crippen LogP) is 2.96. The first-order chi connectivity index (χ1) is 9.77. The zero-order valence-electron chi connectivity index (χ0n) is 12.5. The molecule has 1 aromatic carbocycles. The number of hydrogen-bond donors (Lipinski definition) is 1. The molecule has 0 heterocycles. The summed E-state index contributed by atoms with van der Waals surface area (Å²) in [7, 11) is 1.24. The van der Waals surface area contributed by atoms with Crippen molar-refractivity contribution in [1.29, 1.82) is 5.26 Å². The molecule has 0 radical (unpaired) electrons. The van der Waals surface area contributed by atoms with Crippen molar-refractivity contribution in [2.75, 3.05) is 12.4 Å². The number of anilines is 1. The van der Waals surface area contributed by atoms with Gasteiger partial charge in [-0.25, -0.2) is 9.59 Å². The van der Waals surface area contributed by atoms with Crippen molar-refractivity contribution in [2.45, 2.75) is 26.9 Å². The summed E-state index contributed by atoms with van der Waals surface area (Å²) < 4.78 is 9.66. The molecule has 0 unspecified atom stereocenters. The third kappa shape index (κ3) is 4.80. The molecule has 6 heteroatoms. The second-order valence-electron chi connectivity index (χ2n) is 5.48. The van der Waals surface area contributed by atoms with Gasteiger partial charge in [0, 0.05) is 11.1 Å². The minimum absolute atomic E-state index is 0.244. The number of methoxy groups -OCH3 is 1. The second kappa shape index (κ2) is 6.75. The molecule has 6 nitrogen and oxygen atoms in total. The Hall–Kier alpha value is -2.55. The molecule has 0 spiro atoms. The Morgan fingerprint density at radius 2 is 2.00 bits per heavy atom. The molecular formula is C15H18N2O4. The van der Waals surface area contributed by atoms with Gasteiger partial charge in [-0.1, -0.05) is 26.8 Å². The number of hydrogen-bond acceptors (Lipinski definition) is 5. The van der Waals surface area contributed by atoms with Gasteiger partial charge < -0.3 is 9.47 Å². The third-order valence-electron chi connectivity index (χ3n) is 2.66. The van der Waals surface area contributed by atoms with E-state index in [0.29, 0.717) is 5.69 Å². The van der Waals surface area contributed by atoms with E-state index in [1.165, 1.54) is 13.2 Å². The van der Waals surface area contributed by atoms with Gasteiger partial charge in [0.05, 0.1) is 12.7 Å². The number of amides is 1. The molecule has 0 saturated carbocycles. The molecule has 21 heavy (non-hydrogen) atoms. The largest absolute Gasteiger partial charge is 0.453 e. The molecule has 1 atom stereocenters. The van der Waals surface area contributed by atoms with E-state index in [1.54, 1.807) is 18.2 Å². The molecule has 1 rings (SSSR count). The van der Waals surface area contributed by atoms with E-state index in [4.69, 9.17) is 10.00 Å². The quantitative estimate of drug-likeness (QED) is 0.864. The summed E-state index contributed by atoms with van der Waals surface area (Å²) >= 11 is 0. The third-order valence-corrected chi connectivity index (χ3v) is 2.66. The summed E-state index contributed by atoms with van der Waals surface area (Å²) in [5.41, 5.74) is 0.167. The fraction of sp³-hybridized carbons (Fsp3) is 0.400. The van der Waals surface area contributed by atoms with Crippen LogP contribution in [0.1, 0.15) is 31.1 Å². The predicted molar refractivity (Wildman–Crippen MR) is 76.7 cm³/mol. The number of rotatable bonds is 3. The maximum Gasteiger partial charge on any atom is 0.411 e. The molecule has 0 aliphatic rings. The lowest BCUT2D eigenvalue weighted by Crippen LogP contribution is -2.30. The Balaban J connectivity index is 2.86. The van der Waals surface area contributed by atoms with Crippen molar-refractivity contribution in [1.82, 2.24) is 0 Å². The van der Waals surface area contributed by atoms with E-state index < -0.39 is 23.6 Å². The molecule has 0 fully saturated rings. The first-order valence-corrected chi connectivity index (χ1v) is 6.33. The van der Waals surface area contributed by atoms with Gasteiger partial charge in [-0.3, -0.25) is 5.32 Å². The van der Waals surface area contributed by atoms with Crippen molar-refractivity contribution in [3.8, 4) is 6.07 Å². The monoisotopic (exact) mass is 290 g/mol. The van der Waals surface area contributed by atoms with E-state index >= 15 is 0 Å². The molecule has 1 amide bonds. The molecule has 0 aliphatic carbocycles. The average molecular weight is 290 g/mol. The van der Waals surface area contributed by atoms with Gasteiger partial charge in [0.2, 0.25) is 0 Å². The van der Waals surface area contributed by atoms with Crippen LogP contribution in [0.4, 0.5) is 10.5 Å². The number of ether oxygens (including phenoxy) is 2. The van der Waals surface area contributed by atoms with Crippen LogP contribution in [0.25, 0.3) is 0 Å². The van der Waals surface area contributed by atoms with E-state index in [1.807, 2.05) is 26.8 Å². The maximum atomic E-state index is 12.1. The van der Waals surface area contributed by atoms with Crippen LogP contribution in [-0.4, -0.2) is 25.3 Å². The van der Waals surface area contributed by atoms with Crippen LogP contribution in [0, 0.1) is 16.7 Å². The molecular weight excluding hydrogens is 272 g/mol. The Labute approximate surface area is 123 Å². The van der Waals surface area contributed by atoms with Crippen molar-refractivity contribution in [3.05, 3.63) is 29.8 Å². The van der Waals surface area contributed by atoms with Crippen LogP contribution in [0.15, 0.2) is 24.3 Å². The molecule has 1 aromatic rings. The second-order valence-corrected chi connectivity index (χ2v) is 5.48. The van der Waals surface area contributed by atoms with E-state index in [-0.39, 0.29) is 5.56 Å². The summed E-state index contributed by atoms with van der Waals surface area (Å²) in [5, 5.41) is 11.5. The minimum atomic E-state index is -0.859. The molecule has 0 bridgehead atoms. The highest BCUT2D eigenvalue weighted by molar-refractivity contribution is 5.92. The number of nitrogens with zero attached hydrogens (tertiary/aromatic N) is 1. The van der Waals surface area contributed by atoms with Gasteiger partial charge in [-0.2, -0.15) is 5.26 Å². The minimum Gasteiger partial charge on any atom is -0.453 e. The van der Waals surface area contributed by atoms with E-state index in [9.17, 15) is 9.59 Å². The highest BCUT2D eigenvalue weighted by atomic mass is 16.5. The molecule has 0 saturated heterocycles. The molecule has 0 aromatic heterocycles. The zero-order chi connectivity index (χ0) is 16.0. The van der Waals surface area contributed by atoms with Crippen LogP contribution in [0.5, 0.6) is 0 Å².